The Morgan fingerprint density at radius 3 is 2.39 bits per heavy atom. The van der Waals surface area contributed by atoms with E-state index in [2.05, 4.69) is 5.16 Å². The second-order valence-electron chi connectivity index (χ2n) is 7.99. The molecule has 4 rings (SSSR count). The van der Waals surface area contributed by atoms with Crippen LogP contribution in [0.25, 0.3) is 0 Å². The highest BCUT2D eigenvalue weighted by Crippen LogP contribution is 2.22. The van der Waals surface area contributed by atoms with Crippen LogP contribution in [0.2, 0.25) is 0 Å². The number of hydrogen-bond donors (Lipinski definition) is 0. The van der Waals surface area contributed by atoms with Crippen LogP contribution in [-0.2, 0) is 22.6 Å². The van der Waals surface area contributed by atoms with Crippen molar-refractivity contribution in [1.29, 1.82) is 0 Å². The van der Waals surface area contributed by atoms with E-state index in [9.17, 15) is 4.79 Å². The molecule has 0 fully saturated rings. The molecule has 0 aliphatic carbocycles. The fourth-order valence-corrected chi connectivity index (χ4v) is 3.85. The Labute approximate surface area is 194 Å². The van der Waals surface area contributed by atoms with Gasteiger partial charge in [-0.15, -0.1) is 0 Å². The monoisotopic (exact) mass is 444 g/mol. The third kappa shape index (κ3) is 5.92. The normalized spacial score (nSPS) is 14.8. The predicted octanol–water partition coefficient (Wildman–Crippen LogP) is 4.47. The summed E-state index contributed by atoms with van der Waals surface area (Å²) < 4.78 is 10.6. The van der Waals surface area contributed by atoms with Gasteiger partial charge in [0.05, 0.1) is 32.9 Å². The lowest BCUT2D eigenvalue weighted by molar-refractivity contribution is -0.132. The lowest BCUT2D eigenvalue weighted by Gasteiger charge is -2.25. The summed E-state index contributed by atoms with van der Waals surface area (Å²) in [7, 11) is 3.28. The maximum atomic E-state index is 13.3. The minimum absolute atomic E-state index is 0.0468. The van der Waals surface area contributed by atoms with E-state index in [0.717, 1.165) is 33.9 Å². The van der Waals surface area contributed by atoms with Gasteiger partial charge in [0.25, 0.3) is 0 Å². The zero-order valence-corrected chi connectivity index (χ0v) is 18.9. The highest BCUT2D eigenvalue weighted by molar-refractivity contribution is 6.01. The quantitative estimate of drug-likeness (QED) is 0.489. The number of carbonyl (C=O) groups excluding carboxylic acids is 1. The van der Waals surface area contributed by atoms with Crippen LogP contribution in [0.5, 0.6) is 11.5 Å². The third-order valence-electron chi connectivity index (χ3n) is 5.64. The zero-order chi connectivity index (χ0) is 23.0. The van der Waals surface area contributed by atoms with E-state index in [1.807, 2.05) is 83.8 Å². The smallest absolute Gasteiger partial charge is 0.227 e. The average Bonchev–Trinajstić information content (AvgIpc) is 3.33. The van der Waals surface area contributed by atoms with Crippen LogP contribution in [0.15, 0.2) is 84.0 Å². The van der Waals surface area contributed by atoms with Crippen LogP contribution in [-0.4, -0.2) is 43.4 Å². The third-order valence-corrected chi connectivity index (χ3v) is 5.64. The minimum atomic E-state index is -0.201. The van der Waals surface area contributed by atoms with E-state index >= 15 is 0 Å². The lowest BCUT2D eigenvalue weighted by atomic mass is 10.0. The second-order valence-corrected chi connectivity index (χ2v) is 7.99. The Bertz CT molecular complexity index is 1100. The molecule has 6 heteroatoms. The molecule has 0 radical (unpaired) electrons. The Morgan fingerprint density at radius 1 is 0.939 bits per heavy atom. The number of nitrogens with zero attached hydrogens (tertiary/aromatic N) is 2. The maximum absolute atomic E-state index is 13.3. The molecule has 1 amide bonds. The van der Waals surface area contributed by atoms with Crippen molar-refractivity contribution >= 4 is 11.6 Å². The summed E-state index contributed by atoms with van der Waals surface area (Å²) in [5.74, 6) is 1.61. The van der Waals surface area contributed by atoms with Crippen molar-refractivity contribution in [3.8, 4) is 11.5 Å². The van der Waals surface area contributed by atoms with E-state index in [-0.39, 0.29) is 12.0 Å². The largest absolute Gasteiger partial charge is 0.497 e. The number of rotatable bonds is 9. The molecule has 0 saturated carbocycles. The van der Waals surface area contributed by atoms with Crippen molar-refractivity contribution in [3.05, 3.63) is 95.6 Å². The van der Waals surface area contributed by atoms with E-state index in [4.69, 9.17) is 14.3 Å². The van der Waals surface area contributed by atoms with Gasteiger partial charge in [-0.2, -0.15) is 0 Å². The molecule has 0 aromatic heterocycles. The molecule has 1 aliphatic rings. The van der Waals surface area contributed by atoms with Gasteiger partial charge in [0.15, 0.2) is 6.10 Å². The Kier molecular flexibility index (Phi) is 7.25. The SMILES string of the molecule is COc1ccc(C2=NOC(CN(Cc3cccc(OC)c3)C(=O)Cc3ccccc3)C2)cc1. The number of methoxy groups -OCH3 is 2. The molecule has 33 heavy (non-hydrogen) atoms. The van der Waals surface area contributed by atoms with Gasteiger partial charge >= 0.3 is 0 Å². The molecular weight excluding hydrogens is 416 g/mol. The minimum Gasteiger partial charge on any atom is -0.497 e. The number of hydrogen-bond acceptors (Lipinski definition) is 5. The van der Waals surface area contributed by atoms with Gasteiger partial charge in [0.2, 0.25) is 5.91 Å². The van der Waals surface area contributed by atoms with Gasteiger partial charge in [0, 0.05) is 13.0 Å². The van der Waals surface area contributed by atoms with Crippen LogP contribution in [0.1, 0.15) is 23.1 Å². The van der Waals surface area contributed by atoms with Crippen LogP contribution >= 0.6 is 0 Å². The topological polar surface area (TPSA) is 60.4 Å². The van der Waals surface area contributed by atoms with Gasteiger partial charge in [-0.05, 0) is 53.1 Å². The Morgan fingerprint density at radius 2 is 1.67 bits per heavy atom. The number of oxime groups is 1. The van der Waals surface area contributed by atoms with Gasteiger partial charge in [0.1, 0.15) is 11.5 Å². The van der Waals surface area contributed by atoms with E-state index in [0.29, 0.717) is 25.9 Å². The first-order chi connectivity index (χ1) is 16.1. The molecule has 1 heterocycles. The van der Waals surface area contributed by atoms with Crippen molar-refractivity contribution < 1.29 is 19.1 Å². The average molecular weight is 445 g/mol. The standard InChI is InChI=1S/C27H28N2O4/c1-31-23-13-11-22(12-14-23)26-17-25(33-28-26)19-29(18-21-9-6-10-24(15-21)32-2)27(30)16-20-7-4-3-5-8-20/h3-15,25H,16-19H2,1-2H3. The molecule has 170 valence electrons. The Balaban J connectivity index is 1.46. The van der Waals surface area contributed by atoms with Gasteiger partial charge < -0.3 is 19.2 Å². The summed E-state index contributed by atoms with van der Waals surface area (Å²) in [5.41, 5.74) is 3.86. The van der Waals surface area contributed by atoms with Crippen molar-refractivity contribution in [2.24, 2.45) is 5.16 Å². The molecule has 1 unspecified atom stereocenters. The molecule has 1 atom stereocenters. The van der Waals surface area contributed by atoms with Gasteiger partial charge in [-0.3, -0.25) is 4.79 Å². The summed E-state index contributed by atoms with van der Waals surface area (Å²) in [6, 6.07) is 25.3. The summed E-state index contributed by atoms with van der Waals surface area (Å²) in [6.45, 7) is 0.923. The molecule has 1 aliphatic heterocycles. The van der Waals surface area contributed by atoms with Crippen molar-refractivity contribution in [2.75, 3.05) is 20.8 Å². The van der Waals surface area contributed by atoms with Crippen LogP contribution in [0.3, 0.4) is 0 Å². The molecule has 3 aromatic carbocycles. The molecule has 0 saturated heterocycles. The number of amides is 1. The van der Waals surface area contributed by atoms with Crippen molar-refractivity contribution in [1.82, 2.24) is 4.90 Å². The Hall–Kier alpha value is -3.80. The van der Waals surface area contributed by atoms with E-state index in [1.54, 1.807) is 14.2 Å². The molecule has 3 aromatic rings. The molecule has 0 spiro atoms. The van der Waals surface area contributed by atoms with Crippen LogP contribution in [0.4, 0.5) is 0 Å². The van der Waals surface area contributed by atoms with Gasteiger partial charge in [-0.1, -0.05) is 47.6 Å². The van der Waals surface area contributed by atoms with Crippen molar-refractivity contribution in [2.45, 2.75) is 25.5 Å². The maximum Gasteiger partial charge on any atom is 0.227 e. The first-order valence-electron chi connectivity index (χ1n) is 11.0. The van der Waals surface area contributed by atoms with Gasteiger partial charge in [-0.25, -0.2) is 0 Å². The first-order valence-corrected chi connectivity index (χ1v) is 11.0. The van der Waals surface area contributed by atoms with Crippen LogP contribution in [0, 0.1) is 0 Å². The highest BCUT2D eigenvalue weighted by atomic mass is 16.6. The number of benzene rings is 3. The summed E-state index contributed by atoms with van der Waals surface area (Å²) in [5, 5.41) is 4.29. The predicted molar refractivity (Wildman–Crippen MR) is 128 cm³/mol. The zero-order valence-electron chi connectivity index (χ0n) is 18.9. The number of ether oxygens (including phenoxy) is 2. The lowest BCUT2D eigenvalue weighted by Crippen LogP contribution is -2.38. The summed E-state index contributed by atoms with van der Waals surface area (Å²) in [4.78, 5) is 20.8. The van der Waals surface area contributed by atoms with Crippen molar-refractivity contribution in [3.63, 3.8) is 0 Å². The molecular formula is C27H28N2O4. The van der Waals surface area contributed by atoms with E-state index in [1.165, 1.54) is 0 Å². The molecule has 6 nitrogen and oxygen atoms in total. The van der Waals surface area contributed by atoms with Crippen LogP contribution < -0.4 is 9.47 Å². The second kappa shape index (κ2) is 10.7. The fourth-order valence-electron chi connectivity index (χ4n) is 3.85. The fraction of sp³-hybridized carbons (Fsp3) is 0.259. The first kappa shape index (κ1) is 22.4. The van der Waals surface area contributed by atoms with E-state index < -0.39 is 0 Å². The molecule has 0 bridgehead atoms. The number of carbonyl (C=O) groups is 1. The molecule has 0 N–H and O–H groups in total. The summed E-state index contributed by atoms with van der Waals surface area (Å²) >= 11 is 0. The highest BCUT2D eigenvalue weighted by Gasteiger charge is 2.27. The summed E-state index contributed by atoms with van der Waals surface area (Å²) in [6.07, 6.45) is 0.774.